The SMILES string of the molecule is CNc1ncc(C)c(-c2cccc3c2OCC3)n1. The Bertz CT molecular complexity index is 596. The lowest BCUT2D eigenvalue weighted by Crippen LogP contribution is -2.00. The second-order valence-corrected chi connectivity index (χ2v) is 4.37. The van der Waals surface area contributed by atoms with E-state index in [0.29, 0.717) is 5.95 Å². The average Bonchev–Trinajstić information content (AvgIpc) is 2.87. The Balaban J connectivity index is 2.18. The minimum atomic E-state index is 0.631. The lowest BCUT2D eigenvalue weighted by Gasteiger charge is -2.10. The first-order chi connectivity index (χ1) is 8.79. The van der Waals surface area contributed by atoms with Crippen molar-refractivity contribution in [3.8, 4) is 17.0 Å². The molecule has 2 aromatic rings. The van der Waals surface area contributed by atoms with Crippen LogP contribution in [-0.2, 0) is 6.42 Å². The summed E-state index contributed by atoms with van der Waals surface area (Å²) >= 11 is 0. The van der Waals surface area contributed by atoms with Crippen molar-refractivity contribution in [2.45, 2.75) is 13.3 Å². The highest BCUT2D eigenvalue weighted by molar-refractivity contribution is 5.72. The Morgan fingerprint density at radius 3 is 3.06 bits per heavy atom. The number of fused-ring (bicyclic) bond motifs is 1. The zero-order valence-electron chi connectivity index (χ0n) is 10.5. The van der Waals surface area contributed by atoms with Crippen molar-refractivity contribution in [2.24, 2.45) is 0 Å². The Kier molecular flexibility index (Phi) is 2.63. The molecule has 0 saturated heterocycles. The quantitative estimate of drug-likeness (QED) is 0.877. The van der Waals surface area contributed by atoms with Gasteiger partial charge in [0.05, 0.1) is 12.3 Å². The summed E-state index contributed by atoms with van der Waals surface area (Å²) in [7, 11) is 1.82. The molecule has 0 radical (unpaired) electrons. The maximum absolute atomic E-state index is 5.73. The van der Waals surface area contributed by atoms with E-state index in [1.807, 2.05) is 20.2 Å². The molecule has 1 N–H and O–H groups in total. The van der Waals surface area contributed by atoms with E-state index in [-0.39, 0.29) is 0 Å². The molecular formula is C14H15N3O. The van der Waals surface area contributed by atoms with Crippen molar-refractivity contribution in [2.75, 3.05) is 19.0 Å². The number of hydrogen-bond donors (Lipinski definition) is 1. The largest absolute Gasteiger partial charge is 0.492 e. The van der Waals surface area contributed by atoms with Crippen molar-refractivity contribution in [1.82, 2.24) is 9.97 Å². The van der Waals surface area contributed by atoms with Gasteiger partial charge in [0.25, 0.3) is 0 Å². The standard InChI is InChI=1S/C14H15N3O/c1-9-8-16-14(15-2)17-12(9)11-5-3-4-10-6-7-18-13(10)11/h3-5,8H,6-7H2,1-2H3,(H,15,16,17). The molecule has 0 spiro atoms. The van der Waals surface area contributed by atoms with E-state index in [9.17, 15) is 0 Å². The molecule has 0 aliphatic carbocycles. The summed E-state index contributed by atoms with van der Waals surface area (Å²) < 4.78 is 5.73. The summed E-state index contributed by atoms with van der Waals surface area (Å²) in [6.07, 6.45) is 2.81. The smallest absolute Gasteiger partial charge is 0.222 e. The molecule has 1 aromatic heterocycles. The molecule has 4 nitrogen and oxygen atoms in total. The van der Waals surface area contributed by atoms with Gasteiger partial charge in [0.2, 0.25) is 5.95 Å². The van der Waals surface area contributed by atoms with Gasteiger partial charge >= 0.3 is 0 Å². The third-order valence-corrected chi connectivity index (χ3v) is 3.16. The molecule has 3 rings (SSSR count). The van der Waals surface area contributed by atoms with Gasteiger partial charge in [0, 0.05) is 25.2 Å². The van der Waals surface area contributed by atoms with Crippen LogP contribution in [0.2, 0.25) is 0 Å². The van der Waals surface area contributed by atoms with Gasteiger partial charge in [-0.15, -0.1) is 0 Å². The molecule has 92 valence electrons. The van der Waals surface area contributed by atoms with Crippen LogP contribution >= 0.6 is 0 Å². The van der Waals surface area contributed by atoms with Gasteiger partial charge in [-0.3, -0.25) is 0 Å². The van der Waals surface area contributed by atoms with Gasteiger partial charge in [-0.2, -0.15) is 0 Å². The Morgan fingerprint density at radius 1 is 1.33 bits per heavy atom. The number of nitrogens with zero attached hydrogens (tertiary/aromatic N) is 2. The van der Waals surface area contributed by atoms with Gasteiger partial charge in [-0.1, -0.05) is 12.1 Å². The first-order valence-corrected chi connectivity index (χ1v) is 6.06. The summed E-state index contributed by atoms with van der Waals surface area (Å²) in [6, 6.07) is 6.23. The highest BCUT2D eigenvalue weighted by atomic mass is 16.5. The molecule has 0 saturated carbocycles. The Hall–Kier alpha value is -2.10. The zero-order valence-corrected chi connectivity index (χ0v) is 10.5. The van der Waals surface area contributed by atoms with Gasteiger partial charge < -0.3 is 10.1 Å². The van der Waals surface area contributed by atoms with Crippen LogP contribution in [0.3, 0.4) is 0 Å². The van der Waals surface area contributed by atoms with Crippen molar-refractivity contribution in [3.63, 3.8) is 0 Å². The van der Waals surface area contributed by atoms with Crippen LogP contribution in [-0.4, -0.2) is 23.6 Å². The summed E-state index contributed by atoms with van der Waals surface area (Å²) in [4.78, 5) is 8.75. The number of aromatic nitrogens is 2. The van der Waals surface area contributed by atoms with Crippen molar-refractivity contribution in [1.29, 1.82) is 0 Å². The van der Waals surface area contributed by atoms with E-state index in [1.165, 1.54) is 5.56 Å². The number of nitrogens with one attached hydrogen (secondary N) is 1. The number of anilines is 1. The number of para-hydroxylation sites is 1. The fraction of sp³-hybridized carbons (Fsp3) is 0.286. The lowest BCUT2D eigenvalue weighted by molar-refractivity contribution is 0.358. The fourth-order valence-electron chi connectivity index (χ4n) is 2.24. The van der Waals surface area contributed by atoms with E-state index < -0.39 is 0 Å². The molecule has 0 amide bonds. The predicted octanol–water partition coefficient (Wildman–Crippen LogP) is 2.43. The van der Waals surface area contributed by atoms with E-state index in [4.69, 9.17) is 4.74 Å². The predicted molar refractivity (Wildman–Crippen MR) is 71.0 cm³/mol. The topological polar surface area (TPSA) is 47.0 Å². The Morgan fingerprint density at radius 2 is 2.22 bits per heavy atom. The maximum Gasteiger partial charge on any atom is 0.222 e. The van der Waals surface area contributed by atoms with Crippen LogP contribution in [0.4, 0.5) is 5.95 Å². The van der Waals surface area contributed by atoms with E-state index in [2.05, 4.69) is 33.5 Å². The lowest BCUT2D eigenvalue weighted by atomic mass is 10.0. The van der Waals surface area contributed by atoms with Gasteiger partial charge in [0.15, 0.2) is 0 Å². The summed E-state index contributed by atoms with van der Waals surface area (Å²) in [5, 5.41) is 2.97. The minimum Gasteiger partial charge on any atom is -0.492 e. The molecule has 4 heteroatoms. The third kappa shape index (κ3) is 1.70. The van der Waals surface area contributed by atoms with Gasteiger partial charge in [0.1, 0.15) is 5.75 Å². The number of ether oxygens (including phenoxy) is 1. The fourth-order valence-corrected chi connectivity index (χ4v) is 2.24. The first kappa shape index (κ1) is 11.0. The normalized spacial score (nSPS) is 13.0. The summed E-state index contributed by atoms with van der Waals surface area (Å²) in [6.45, 7) is 2.78. The molecule has 18 heavy (non-hydrogen) atoms. The Labute approximate surface area is 106 Å². The average molecular weight is 241 g/mol. The zero-order chi connectivity index (χ0) is 12.5. The van der Waals surface area contributed by atoms with Crippen molar-refractivity contribution >= 4 is 5.95 Å². The second kappa shape index (κ2) is 4.29. The molecule has 2 heterocycles. The number of hydrogen-bond acceptors (Lipinski definition) is 4. The monoisotopic (exact) mass is 241 g/mol. The molecule has 0 unspecified atom stereocenters. The van der Waals surface area contributed by atoms with E-state index >= 15 is 0 Å². The molecule has 0 bridgehead atoms. The molecule has 1 aromatic carbocycles. The van der Waals surface area contributed by atoms with Crippen LogP contribution in [0.5, 0.6) is 5.75 Å². The van der Waals surface area contributed by atoms with Crippen LogP contribution in [0, 0.1) is 6.92 Å². The second-order valence-electron chi connectivity index (χ2n) is 4.37. The van der Waals surface area contributed by atoms with E-state index in [0.717, 1.165) is 35.6 Å². The molecule has 1 aliphatic rings. The van der Waals surface area contributed by atoms with Crippen LogP contribution in [0.25, 0.3) is 11.3 Å². The number of rotatable bonds is 2. The van der Waals surface area contributed by atoms with Crippen LogP contribution < -0.4 is 10.1 Å². The van der Waals surface area contributed by atoms with Gasteiger partial charge in [-0.05, 0) is 24.1 Å². The van der Waals surface area contributed by atoms with Crippen molar-refractivity contribution in [3.05, 3.63) is 35.5 Å². The summed E-state index contributed by atoms with van der Waals surface area (Å²) in [5.41, 5.74) is 4.31. The maximum atomic E-state index is 5.73. The van der Waals surface area contributed by atoms with Crippen LogP contribution in [0.1, 0.15) is 11.1 Å². The summed E-state index contributed by atoms with van der Waals surface area (Å²) in [5.74, 6) is 1.60. The van der Waals surface area contributed by atoms with Gasteiger partial charge in [-0.25, -0.2) is 9.97 Å². The first-order valence-electron chi connectivity index (χ1n) is 6.06. The van der Waals surface area contributed by atoms with Crippen molar-refractivity contribution < 1.29 is 4.74 Å². The molecule has 1 aliphatic heterocycles. The molecule has 0 atom stereocenters. The van der Waals surface area contributed by atoms with Crippen LogP contribution in [0.15, 0.2) is 24.4 Å². The molecular weight excluding hydrogens is 226 g/mol. The highest BCUT2D eigenvalue weighted by Crippen LogP contribution is 2.37. The highest BCUT2D eigenvalue weighted by Gasteiger charge is 2.19. The van der Waals surface area contributed by atoms with E-state index in [1.54, 1.807) is 0 Å². The third-order valence-electron chi connectivity index (χ3n) is 3.16. The number of benzene rings is 1. The molecule has 0 fully saturated rings. The number of aryl methyl sites for hydroxylation is 1. The minimum absolute atomic E-state index is 0.631.